The van der Waals surface area contributed by atoms with Gasteiger partial charge in [-0.15, -0.1) is 0 Å². The van der Waals surface area contributed by atoms with Crippen LogP contribution < -0.4 is 10.6 Å². The van der Waals surface area contributed by atoms with E-state index >= 15 is 0 Å². The van der Waals surface area contributed by atoms with Crippen LogP contribution in [0.2, 0.25) is 0 Å². The molecule has 4 rings (SSSR count). The first kappa shape index (κ1) is 21.5. The van der Waals surface area contributed by atoms with Gasteiger partial charge >= 0.3 is 0 Å². The summed E-state index contributed by atoms with van der Waals surface area (Å²) >= 11 is 0. The second kappa shape index (κ2) is 9.15. The molecule has 4 atom stereocenters. The summed E-state index contributed by atoms with van der Waals surface area (Å²) in [5.74, 6) is 1.34. The van der Waals surface area contributed by atoms with Crippen LogP contribution in [0.15, 0.2) is 30.3 Å². The van der Waals surface area contributed by atoms with Crippen LogP contribution in [-0.2, 0) is 6.54 Å². The van der Waals surface area contributed by atoms with Crippen molar-refractivity contribution in [3.05, 3.63) is 35.9 Å². The summed E-state index contributed by atoms with van der Waals surface area (Å²) in [6.45, 7) is 6.50. The standard InChI is InChI=1S/C26H38N2O2/c1-18-8-3-4-10-22(18)28-17-26(2)15-6-5-12-25(26)27-16-21-19-9-7-11-23(29)20(19)13-14-24(21)30/h7,9,11,13-14,18,22,25,27-30H,3-6,8,10,12,15-17H2,1-2H3. The fraction of sp³-hybridized carbons (Fsp3) is 0.615. The summed E-state index contributed by atoms with van der Waals surface area (Å²) in [6.07, 6.45) is 10.4. The molecule has 0 saturated heterocycles. The molecule has 4 heteroatoms. The molecule has 2 aromatic rings. The minimum Gasteiger partial charge on any atom is -0.508 e. The van der Waals surface area contributed by atoms with Crippen molar-refractivity contribution in [3.8, 4) is 11.5 Å². The molecule has 0 bridgehead atoms. The first-order valence-corrected chi connectivity index (χ1v) is 11.9. The zero-order chi connectivity index (χ0) is 21.1. The van der Waals surface area contributed by atoms with Crippen LogP contribution in [0.25, 0.3) is 10.8 Å². The summed E-state index contributed by atoms with van der Waals surface area (Å²) < 4.78 is 0. The third kappa shape index (κ3) is 4.45. The van der Waals surface area contributed by atoms with Crippen LogP contribution in [0.4, 0.5) is 0 Å². The number of rotatable bonds is 6. The van der Waals surface area contributed by atoms with Gasteiger partial charge in [0.2, 0.25) is 0 Å². The highest BCUT2D eigenvalue weighted by Crippen LogP contribution is 2.38. The van der Waals surface area contributed by atoms with Crippen molar-refractivity contribution in [1.82, 2.24) is 10.6 Å². The third-order valence-electron chi connectivity index (χ3n) is 7.86. The Labute approximate surface area is 181 Å². The zero-order valence-electron chi connectivity index (χ0n) is 18.6. The van der Waals surface area contributed by atoms with Crippen molar-refractivity contribution in [2.45, 2.75) is 83.8 Å². The fourth-order valence-corrected chi connectivity index (χ4v) is 5.75. The number of hydrogen-bond acceptors (Lipinski definition) is 4. The lowest BCUT2D eigenvalue weighted by Crippen LogP contribution is -2.53. The number of fused-ring (bicyclic) bond motifs is 1. The molecule has 0 radical (unpaired) electrons. The van der Waals surface area contributed by atoms with Gasteiger partial charge < -0.3 is 20.8 Å². The maximum atomic E-state index is 10.5. The molecule has 0 amide bonds. The number of aromatic hydroxyl groups is 2. The number of benzene rings is 2. The maximum absolute atomic E-state index is 10.5. The van der Waals surface area contributed by atoms with E-state index in [1.165, 1.54) is 51.4 Å². The average molecular weight is 411 g/mol. The van der Waals surface area contributed by atoms with Crippen molar-refractivity contribution < 1.29 is 10.2 Å². The lowest BCUT2D eigenvalue weighted by Gasteiger charge is -2.44. The number of phenols is 2. The van der Waals surface area contributed by atoms with Crippen molar-refractivity contribution in [2.75, 3.05) is 6.54 Å². The van der Waals surface area contributed by atoms with Gasteiger partial charge in [0.25, 0.3) is 0 Å². The van der Waals surface area contributed by atoms with Crippen LogP contribution in [0.1, 0.15) is 70.8 Å². The highest BCUT2D eigenvalue weighted by Gasteiger charge is 2.37. The molecular weight excluding hydrogens is 372 g/mol. The van der Waals surface area contributed by atoms with E-state index in [0.717, 1.165) is 28.8 Å². The van der Waals surface area contributed by atoms with Gasteiger partial charge in [-0.1, -0.05) is 51.7 Å². The van der Waals surface area contributed by atoms with E-state index < -0.39 is 0 Å². The minimum absolute atomic E-state index is 0.220. The Bertz CT molecular complexity index is 867. The maximum Gasteiger partial charge on any atom is 0.123 e. The first-order chi connectivity index (χ1) is 14.5. The second-order valence-corrected chi connectivity index (χ2v) is 10.0. The quantitative estimate of drug-likeness (QED) is 0.511. The normalized spacial score (nSPS) is 29.9. The summed E-state index contributed by atoms with van der Waals surface area (Å²) in [5.41, 5.74) is 1.10. The smallest absolute Gasteiger partial charge is 0.123 e. The summed E-state index contributed by atoms with van der Waals surface area (Å²) in [6, 6.07) is 10.1. The van der Waals surface area contributed by atoms with E-state index in [2.05, 4.69) is 24.5 Å². The Morgan fingerprint density at radius 2 is 1.70 bits per heavy atom. The molecule has 30 heavy (non-hydrogen) atoms. The topological polar surface area (TPSA) is 64.5 Å². The van der Waals surface area contributed by atoms with Crippen molar-refractivity contribution in [2.24, 2.45) is 11.3 Å². The molecule has 2 aromatic carbocycles. The zero-order valence-corrected chi connectivity index (χ0v) is 18.6. The van der Waals surface area contributed by atoms with Gasteiger partial charge in [-0.2, -0.15) is 0 Å². The number of phenolic OH excluding ortho intramolecular Hbond substituents is 2. The predicted molar refractivity (Wildman–Crippen MR) is 124 cm³/mol. The molecule has 0 aliphatic heterocycles. The highest BCUT2D eigenvalue weighted by atomic mass is 16.3. The minimum atomic E-state index is 0.220. The van der Waals surface area contributed by atoms with Crippen molar-refractivity contribution in [1.29, 1.82) is 0 Å². The van der Waals surface area contributed by atoms with Gasteiger partial charge in [-0.3, -0.25) is 0 Å². The van der Waals surface area contributed by atoms with Gasteiger partial charge in [0.1, 0.15) is 11.5 Å². The van der Waals surface area contributed by atoms with Crippen LogP contribution >= 0.6 is 0 Å². The van der Waals surface area contributed by atoms with E-state index in [-0.39, 0.29) is 11.2 Å². The summed E-state index contributed by atoms with van der Waals surface area (Å²) in [5, 5.41) is 30.2. The Kier molecular flexibility index (Phi) is 6.54. The molecule has 4 N–H and O–H groups in total. The Morgan fingerprint density at radius 3 is 2.53 bits per heavy atom. The second-order valence-electron chi connectivity index (χ2n) is 10.0. The summed E-state index contributed by atoms with van der Waals surface area (Å²) in [7, 11) is 0. The van der Waals surface area contributed by atoms with Gasteiger partial charge in [-0.25, -0.2) is 0 Å². The SMILES string of the molecule is CC1CCCCC1NCC1(C)CCCCC1NCc1c(O)ccc2c(O)cccc12. The first-order valence-electron chi connectivity index (χ1n) is 11.9. The van der Waals surface area contributed by atoms with E-state index in [4.69, 9.17) is 0 Å². The molecule has 2 saturated carbocycles. The van der Waals surface area contributed by atoms with Crippen molar-refractivity contribution >= 4 is 10.8 Å². The molecule has 2 aliphatic carbocycles. The largest absolute Gasteiger partial charge is 0.508 e. The van der Waals surface area contributed by atoms with Gasteiger partial charge in [-0.05, 0) is 60.6 Å². The lowest BCUT2D eigenvalue weighted by atomic mass is 9.71. The van der Waals surface area contributed by atoms with E-state index in [0.29, 0.717) is 24.4 Å². The van der Waals surface area contributed by atoms with Crippen LogP contribution in [0, 0.1) is 11.3 Å². The molecule has 4 nitrogen and oxygen atoms in total. The van der Waals surface area contributed by atoms with Crippen molar-refractivity contribution in [3.63, 3.8) is 0 Å². The molecule has 0 spiro atoms. The Balaban J connectivity index is 1.47. The third-order valence-corrected chi connectivity index (χ3v) is 7.86. The Morgan fingerprint density at radius 1 is 0.900 bits per heavy atom. The monoisotopic (exact) mass is 410 g/mol. The lowest BCUT2D eigenvalue weighted by molar-refractivity contribution is 0.126. The van der Waals surface area contributed by atoms with Gasteiger partial charge in [0.15, 0.2) is 0 Å². The predicted octanol–water partition coefficient (Wildman–Crippen LogP) is 5.46. The molecule has 4 unspecified atom stereocenters. The highest BCUT2D eigenvalue weighted by molar-refractivity contribution is 5.92. The molecule has 164 valence electrons. The molecule has 2 fully saturated rings. The van der Waals surface area contributed by atoms with E-state index in [1.54, 1.807) is 18.2 Å². The van der Waals surface area contributed by atoms with Crippen LogP contribution in [0.3, 0.4) is 0 Å². The van der Waals surface area contributed by atoms with E-state index in [1.807, 2.05) is 12.1 Å². The van der Waals surface area contributed by atoms with Crippen LogP contribution in [-0.4, -0.2) is 28.8 Å². The summed E-state index contributed by atoms with van der Waals surface area (Å²) in [4.78, 5) is 0. The molecule has 2 aliphatic rings. The molecular formula is C26H38N2O2. The molecule has 0 aromatic heterocycles. The van der Waals surface area contributed by atoms with Crippen LogP contribution in [0.5, 0.6) is 11.5 Å². The Hall–Kier alpha value is -1.78. The fourth-order valence-electron chi connectivity index (χ4n) is 5.75. The van der Waals surface area contributed by atoms with E-state index in [9.17, 15) is 10.2 Å². The van der Waals surface area contributed by atoms with Gasteiger partial charge in [0.05, 0.1) is 0 Å². The number of nitrogens with one attached hydrogen (secondary N) is 2. The molecule has 0 heterocycles. The average Bonchev–Trinajstić information content (AvgIpc) is 2.74. The number of hydrogen-bond donors (Lipinski definition) is 4. The van der Waals surface area contributed by atoms with Gasteiger partial charge in [0, 0.05) is 36.1 Å².